The normalized spacial score (nSPS) is 17.2. The maximum Gasteiger partial charge on any atom is 0.241 e. The van der Waals surface area contributed by atoms with Gasteiger partial charge in [-0.3, -0.25) is 0 Å². The lowest BCUT2D eigenvalue weighted by atomic mass is 10.1. The van der Waals surface area contributed by atoms with Crippen LogP contribution in [0.25, 0.3) is 0 Å². The van der Waals surface area contributed by atoms with Gasteiger partial charge < -0.3 is 9.64 Å². The smallest absolute Gasteiger partial charge is 0.241 e. The Kier molecular flexibility index (Phi) is 6.03. The van der Waals surface area contributed by atoms with Crippen LogP contribution in [0.3, 0.4) is 0 Å². The van der Waals surface area contributed by atoms with Gasteiger partial charge in [0, 0.05) is 0 Å². The van der Waals surface area contributed by atoms with Crippen molar-refractivity contribution >= 4 is 10.0 Å². The summed E-state index contributed by atoms with van der Waals surface area (Å²) in [7, 11) is -3.83. The first kappa shape index (κ1) is 19.0. The van der Waals surface area contributed by atoms with Gasteiger partial charge in [0.2, 0.25) is 10.0 Å². The molecule has 0 aliphatic carbocycles. The molecular formula is C19H24FN2O3S+. The van der Waals surface area contributed by atoms with Crippen molar-refractivity contribution < 1.29 is 22.4 Å². The fourth-order valence-corrected chi connectivity index (χ4v) is 4.32. The second-order valence-electron chi connectivity index (χ2n) is 6.61. The third kappa shape index (κ3) is 4.88. The molecular weight excluding hydrogens is 355 g/mol. The van der Waals surface area contributed by atoms with Crippen molar-refractivity contribution in [3.8, 4) is 0 Å². The zero-order valence-corrected chi connectivity index (χ0v) is 15.6. The number of aryl methyl sites for hydroxylation is 1. The fourth-order valence-electron chi connectivity index (χ4n) is 3.07. The van der Waals surface area contributed by atoms with Crippen molar-refractivity contribution in [3.63, 3.8) is 0 Å². The van der Waals surface area contributed by atoms with Gasteiger partial charge >= 0.3 is 0 Å². The molecule has 1 saturated heterocycles. The number of nitrogens with one attached hydrogen (secondary N) is 2. The maximum atomic E-state index is 13.5. The number of hydrogen-bond donors (Lipinski definition) is 2. The molecule has 0 aromatic heterocycles. The summed E-state index contributed by atoms with van der Waals surface area (Å²) in [5, 5.41) is 0. The molecule has 3 rings (SSSR count). The quantitative estimate of drug-likeness (QED) is 0.789. The number of hydrogen-bond acceptors (Lipinski definition) is 3. The Labute approximate surface area is 153 Å². The molecule has 0 spiro atoms. The number of benzene rings is 2. The number of rotatable bonds is 6. The molecule has 2 aromatic rings. The van der Waals surface area contributed by atoms with Gasteiger partial charge in [0.05, 0.1) is 30.7 Å². The lowest BCUT2D eigenvalue weighted by Gasteiger charge is -2.28. The highest BCUT2D eigenvalue weighted by Gasteiger charge is 2.26. The molecule has 0 bridgehead atoms. The van der Waals surface area contributed by atoms with Crippen LogP contribution in [-0.2, 0) is 14.8 Å². The number of sulfonamides is 1. The summed E-state index contributed by atoms with van der Waals surface area (Å²) in [5.74, 6) is -0.571. The molecule has 1 aliphatic rings. The fraction of sp³-hybridized carbons (Fsp3) is 0.368. The summed E-state index contributed by atoms with van der Waals surface area (Å²) in [6.45, 7) is 5.62. The molecule has 1 aliphatic heterocycles. The SMILES string of the molecule is Cc1ccc([C@@H](C[NH+]2CCOCC2)NS(=O)(=O)c2cccc(F)c2)cc1. The maximum absolute atomic E-state index is 13.5. The Morgan fingerprint density at radius 1 is 1.15 bits per heavy atom. The van der Waals surface area contributed by atoms with Crippen LogP contribution in [0.4, 0.5) is 4.39 Å². The van der Waals surface area contributed by atoms with E-state index in [2.05, 4.69) is 4.72 Å². The van der Waals surface area contributed by atoms with Gasteiger partial charge in [0.1, 0.15) is 18.9 Å². The van der Waals surface area contributed by atoms with Crippen LogP contribution in [0.1, 0.15) is 17.2 Å². The lowest BCUT2D eigenvalue weighted by Crippen LogP contribution is -3.14. The van der Waals surface area contributed by atoms with Gasteiger partial charge in [0.25, 0.3) is 0 Å². The monoisotopic (exact) mass is 379 g/mol. The number of quaternary nitrogens is 1. The molecule has 7 heteroatoms. The Bertz CT molecular complexity index is 834. The molecule has 2 aromatic carbocycles. The van der Waals surface area contributed by atoms with E-state index in [1.165, 1.54) is 23.1 Å². The van der Waals surface area contributed by atoms with E-state index in [0.29, 0.717) is 19.8 Å². The molecule has 1 atom stereocenters. The van der Waals surface area contributed by atoms with Crippen molar-refractivity contribution in [2.75, 3.05) is 32.8 Å². The molecule has 26 heavy (non-hydrogen) atoms. The summed E-state index contributed by atoms with van der Waals surface area (Å²) in [6.07, 6.45) is 0. The van der Waals surface area contributed by atoms with Gasteiger partial charge in [-0.25, -0.2) is 12.8 Å². The highest BCUT2D eigenvalue weighted by Crippen LogP contribution is 2.18. The molecule has 0 radical (unpaired) electrons. The Balaban J connectivity index is 1.85. The van der Waals surface area contributed by atoms with Gasteiger partial charge in [0.15, 0.2) is 0 Å². The molecule has 0 unspecified atom stereocenters. The number of morpholine rings is 1. The van der Waals surface area contributed by atoms with E-state index in [-0.39, 0.29) is 4.90 Å². The predicted molar refractivity (Wildman–Crippen MR) is 97.0 cm³/mol. The van der Waals surface area contributed by atoms with Gasteiger partial charge in [-0.15, -0.1) is 0 Å². The van der Waals surface area contributed by atoms with Crippen molar-refractivity contribution in [1.82, 2.24) is 4.72 Å². The van der Waals surface area contributed by atoms with E-state index in [4.69, 9.17) is 4.74 Å². The van der Waals surface area contributed by atoms with E-state index in [9.17, 15) is 12.8 Å². The first-order valence-corrected chi connectivity index (χ1v) is 10.2. The molecule has 5 nitrogen and oxygen atoms in total. The standard InChI is InChI=1S/C19H23FN2O3S/c1-15-5-7-16(8-6-15)19(14-22-9-11-25-12-10-22)21-26(23,24)18-4-2-3-17(20)13-18/h2-8,13,19,21H,9-12,14H2,1H3/p+1/t19-/m1/s1. The van der Waals surface area contributed by atoms with E-state index >= 15 is 0 Å². The number of halogens is 1. The zero-order valence-electron chi connectivity index (χ0n) is 14.7. The Morgan fingerprint density at radius 2 is 1.85 bits per heavy atom. The summed E-state index contributed by atoms with van der Waals surface area (Å²) in [6, 6.07) is 12.5. The van der Waals surface area contributed by atoms with Crippen molar-refractivity contribution in [2.24, 2.45) is 0 Å². The van der Waals surface area contributed by atoms with Crippen molar-refractivity contribution in [2.45, 2.75) is 17.9 Å². The minimum Gasteiger partial charge on any atom is -0.370 e. The van der Waals surface area contributed by atoms with Gasteiger partial charge in [-0.2, -0.15) is 4.72 Å². The van der Waals surface area contributed by atoms with Crippen LogP contribution in [0.2, 0.25) is 0 Å². The minimum absolute atomic E-state index is 0.0633. The average Bonchev–Trinajstić information content (AvgIpc) is 2.62. The largest absolute Gasteiger partial charge is 0.370 e. The van der Waals surface area contributed by atoms with E-state index in [0.717, 1.165) is 30.3 Å². The van der Waals surface area contributed by atoms with Gasteiger partial charge in [-0.05, 0) is 30.7 Å². The topological polar surface area (TPSA) is 59.8 Å². The highest BCUT2D eigenvalue weighted by atomic mass is 32.2. The van der Waals surface area contributed by atoms with Gasteiger partial charge in [-0.1, -0.05) is 35.9 Å². The Hall–Kier alpha value is -1.80. The van der Waals surface area contributed by atoms with Crippen LogP contribution in [0.15, 0.2) is 53.4 Å². The molecule has 1 heterocycles. The van der Waals surface area contributed by atoms with Crippen LogP contribution < -0.4 is 9.62 Å². The average molecular weight is 379 g/mol. The van der Waals surface area contributed by atoms with E-state index in [1.54, 1.807) is 0 Å². The summed E-state index contributed by atoms with van der Waals surface area (Å²) < 4.78 is 47.1. The van der Waals surface area contributed by atoms with Crippen LogP contribution in [0, 0.1) is 12.7 Å². The van der Waals surface area contributed by atoms with Crippen molar-refractivity contribution in [1.29, 1.82) is 0 Å². The zero-order chi connectivity index (χ0) is 18.6. The second-order valence-corrected chi connectivity index (χ2v) is 8.32. The van der Waals surface area contributed by atoms with Crippen LogP contribution >= 0.6 is 0 Å². The third-order valence-electron chi connectivity index (χ3n) is 4.58. The molecule has 140 valence electrons. The molecule has 0 saturated carbocycles. The summed E-state index contributed by atoms with van der Waals surface area (Å²) >= 11 is 0. The predicted octanol–water partition coefficient (Wildman–Crippen LogP) is 1.07. The molecule has 2 N–H and O–H groups in total. The Morgan fingerprint density at radius 3 is 2.50 bits per heavy atom. The van der Waals surface area contributed by atoms with Crippen LogP contribution in [0.5, 0.6) is 0 Å². The van der Waals surface area contributed by atoms with Crippen molar-refractivity contribution in [3.05, 3.63) is 65.5 Å². The second kappa shape index (κ2) is 8.26. The molecule has 1 fully saturated rings. The lowest BCUT2D eigenvalue weighted by molar-refractivity contribution is -0.909. The molecule has 0 amide bonds. The van der Waals surface area contributed by atoms with Crippen LogP contribution in [-0.4, -0.2) is 41.3 Å². The number of ether oxygens (including phenoxy) is 1. The van der Waals surface area contributed by atoms with E-state index < -0.39 is 21.9 Å². The summed E-state index contributed by atoms with van der Waals surface area (Å²) in [5.41, 5.74) is 2.01. The third-order valence-corrected chi connectivity index (χ3v) is 6.05. The van der Waals surface area contributed by atoms with E-state index in [1.807, 2.05) is 31.2 Å². The minimum atomic E-state index is -3.83. The first-order valence-electron chi connectivity index (χ1n) is 8.70. The highest BCUT2D eigenvalue weighted by molar-refractivity contribution is 7.89. The first-order chi connectivity index (χ1) is 12.4. The summed E-state index contributed by atoms with van der Waals surface area (Å²) in [4.78, 5) is 1.22.